The van der Waals surface area contributed by atoms with E-state index in [0.717, 1.165) is 0 Å². The van der Waals surface area contributed by atoms with Gasteiger partial charge in [-0.3, -0.25) is 9.20 Å². The number of rotatable bonds is 4. The summed E-state index contributed by atoms with van der Waals surface area (Å²) < 4.78 is 14.9. The smallest absolute Gasteiger partial charge is 0.335 e. The van der Waals surface area contributed by atoms with Gasteiger partial charge in [0, 0.05) is 11.9 Å². The van der Waals surface area contributed by atoms with Gasteiger partial charge in [0.1, 0.15) is 17.2 Å². The number of carbonyl (C=O) groups is 2. The highest BCUT2D eigenvalue weighted by Crippen LogP contribution is 2.17. The molecular formula is C17H14FN3O3. The zero-order valence-corrected chi connectivity index (χ0v) is 12.8. The monoisotopic (exact) mass is 327 g/mol. The fourth-order valence-corrected chi connectivity index (χ4v) is 2.44. The highest BCUT2D eigenvalue weighted by molar-refractivity contribution is 6.04. The number of amides is 1. The average Bonchev–Trinajstić information content (AvgIpc) is 2.93. The maximum Gasteiger partial charge on any atom is 0.335 e. The van der Waals surface area contributed by atoms with E-state index >= 15 is 0 Å². The number of halogens is 1. The van der Waals surface area contributed by atoms with Gasteiger partial charge in [-0.05, 0) is 42.8 Å². The number of aromatic carboxylic acids is 1. The summed E-state index contributed by atoms with van der Waals surface area (Å²) in [6, 6.07) is 8.58. The SMILES string of the molecule is CCc1nc2ccc(F)cn2c1C(=O)Nc1ccc(C(=O)O)cc1. The van der Waals surface area contributed by atoms with Crippen molar-refractivity contribution in [3.8, 4) is 0 Å². The molecule has 0 atom stereocenters. The second-order valence-corrected chi connectivity index (χ2v) is 5.17. The lowest BCUT2D eigenvalue weighted by Crippen LogP contribution is -2.16. The van der Waals surface area contributed by atoms with Crippen LogP contribution in [0.3, 0.4) is 0 Å². The van der Waals surface area contributed by atoms with Crippen molar-refractivity contribution in [1.29, 1.82) is 0 Å². The van der Waals surface area contributed by atoms with Crippen LogP contribution in [0, 0.1) is 5.82 Å². The van der Waals surface area contributed by atoms with Crippen LogP contribution in [0.5, 0.6) is 0 Å². The standard InChI is InChI=1S/C17H14FN3O3/c1-2-13-15(21-9-11(18)5-8-14(21)20-13)16(22)19-12-6-3-10(4-7-12)17(23)24/h3-9H,2H2,1H3,(H,19,22)(H,23,24). The first-order valence-electron chi connectivity index (χ1n) is 7.30. The number of carboxylic acids is 1. The molecule has 1 amide bonds. The van der Waals surface area contributed by atoms with Crippen molar-refractivity contribution in [2.75, 3.05) is 5.32 Å². The van der Waals surface area contributed by atoms with Crippen LogP contribution in [0.1, 0.15) is 33.5 Å². The van der Waals surface area contributed by atoms with Gasteiger partial charge in [0.2, 0.25) is 0 Å². The van der Waals surface area contributed by atoms with Gasteiger partial charge in [-0.25, -0.2) is 14.2 Å². The lowest BCUT2D eigenvalue weighted by Gasteiger charge is -2.07. The van der Waals surface area contributed by atoms with Gasteiger partial charge in [-0.15, -0.1) is 0 Å². The van der Waals surface area contributed by atoms with E-state index < -0.39 is 17.7 Å². The molecule has 0 fully saturated rings. The molecule has 0 bridgehead atoms. The highest BCUT2D eigenvalue weighted by atomic mass is 19.1. The van der Waals surface area contributed by atoms with Crippen molar-refractivity contribution in [3.05, 3.63) is 65.4 Å². The van der Waals surface area contributed by atoms with Crippen LogP contribution in [0.2, 0.25) is 0 Å². The van der Waals surface area contributed by atoms with Crippen molar-refractivity contribution >= 4 is 23.2 Å². The number of pyridine rings is 1. The number of hydrogen-bond donors (Lipinski definition) is 2. The number of carboxylic acid groups (broad SMARTS) is 1. The van der Waals surface area contributed by atoms with E-state index in [-0.39, 0.29) is 11.3 Å². The van der Waals surface area contributed by atoms with Crippen LogP contribution in [0.15, 0.2) is 42.6 Å². The lowest BCUT2D eigenvalue weighted by molar-refractivity contribution is 0.0696. The number of fused-ring (bicyclic) bond motifs is 1. The Morgan fingerprint density at radius 2 is 1.92 bits per heavy atom. The minimum absolute atomic E-state index is 0.124. The Hall–Kier alpha value is -3.22. The van der Waals surface area contributed by atoms with Crippen molar-refractivity contribution in [2.45, 2.75) is 13.3 Å². The number of imidazole rings is 1. The third-order valence-electron chi connectivity index (χ3n) is 3.59. The van der Waals surface area contributed by atoms with Gasteiger partial charge < -0.3 is 10.4 Å². The van der Waals surface area contributed by atoms with Crippen molar-refractivity contribution in [1.82, 2.24) is 9.38 Å². The Balaban J connectivity index is 1.96. The number of anilines is 1. The molecule has 2 aromatic heterocycles. The molecule has 6 nitrogen and oxygen atoms in total. The first-order valence-corrected chi connectivity index (χ1v) is 7.30. The van der Waals surface area contributed by atoms with Crippen molar-refractivity contribution in [2.24, 2.45) is 0 Å². The average molecular weight is 327 g/mol. The predicted molar refractivity (Wildman–Crippen MR) is 85.9 cm³/mol. The number of nitrogens with zero attached hydrogens (tertiary/aromatic N) is 2. The van der Waals surface area contributed by atoms with E-state index in [1.165, 1.54) is 47.0 Å². The molecule has 3 rings (SSSR count). The van der Waals surface area contributed by atoms with Gasteiger partial charge >= 0.3 is 5.97 Å². The minimum Gasteiger partial charge on any atom is -0.478 e. The first kappa shape index (κ1) is 15.7. The van der Waals surface area contributed by atoms with Crippen LogP contribution >= 0.6 is 0 Å². The molecule has 0 saturated heterocycles. The molecule has 0 aliphatic carbocycles. The fraction of sp³-hybridized carbons (Fsp3) is 0.118. The zero-order valence-electron chi connectivity index (χ0n) is 12.8. The van der Waals surface area contributed by atoms with Crippen LogP contribution in [0.4, 0.5) is 10.1 Å². The molecule has 1 aromatic carbocycles. The Morgan fingerprint density at radius 1 is 1.21 bits per heavy atom. The van der Waals surface area contributed by atoms with Crippen LogP contribution in [-0.4, -0.2) is 26.4 Å². The van der Waals surface area contributed by atoms with Crippen LogP contribution < -0.4 is 5.32 Å². The third kappa shape index (κ3) is 2.83. The molecule has 0 unspecified atom stereocenters. The molecule has 0 aliphatic rings. The number of benzene rings is 1. The predicted octanol–water partition coefficient (Wildman–Crippen LogP) is 2.99. The summed E-state index contributed by atoms with van der Waals surface area (Å²) in [7, 11) is 0. The first-order chi connectivity index (χ1) is 11.5. The van der Waals surface area contributed by atoms with Gasteiger partial charge in [-0.2, -0.15) is 0 Å². The molecule has 0 spiro atoms. The Bertz CT molecular complexity index is 932. The third-order valence-corrected chi connectivity index (χ3v) is 3.59. The highest BCUT2D eigenvalue weighted by Gasteiger charge is 2.19. The zero-order chi connectivity index (χ0) is 17.3. The van der Waals surface area contributed by atoms with E-state index in [1.807, 2.05) is 6.92 Å². The van der Waals surface area contributed by atoms with E-state index in [0.29, 0.717) is 23.4 Å². The van der Waals surface area contributed by atoms with Gasteiger partial charge in [0.25, 0.3) is 5.91 Å². The maximum atomic E-state index is 13.5. The van der Waals surface area contributed by atoms with E-state index in [2.05, 4.69) is 10.3 Å². The number of carbonyl (C=O) groups excluding carboxylic acids is 1. The molecule has 7 heteroatoms. The minimum atomic E-state index is -1.04. The number of aryl methyl sites for hydroxylation is 1. The largest absolute Gasteiger partial charge is 0.478 e. The number of aromatic nitrogens is 2. The summed E-state index contributed by atoms with van der Waals surface area (Å²) >= 11 is 0. The number of nitrogens with one attached hydrogen (secondary N) is 1. The Labute approximate surface area is 136 Å². The molecule has 2 N–H and O–H groups in total. The molecule has 24 heavy (non-hydrogen) atoms. The van der Waals surface area contributed by atoms with Crippen LogP contribution in [-0.2, 0) is 6.42 Å². The second kappa shape index (κ2) is 6.11. The number of hydrogen-bond acceptors (Lipinski definition) is 3. The van der Waals surface area contributed by atoms with Gasteiger partial charge in [0.15, 0.2) is 0 Å². The van der Waals surface area contributed by atoms with Gasteiger partial charge in [0.05, 0.1) is 11.3 Å². The molecular weight excluding hydrogens is 313 g/mol. The maximum absolute atomic E-state index is 13.5. The van der Waals surface area contributed by atoms with E-state index in [4.69, 9.17) is 5.11 Å². The van der Waals surface area contributed by atoms with Crippen molar-refractivity contribution < 1.29 is 19.1 Å². The van der Waals surface area contributed by atoms with Gasteiger partial charge in [-0.1, -0.05) is 6.92 Å². The summed E-state index contributed by atoms with van der Waals surface area (Å²) in [4.78, 5) is 27.8. The lowest BCUT2D eigenvalue weighted by atomic mass is 10.2. The van der Waals surface area contributed by atoms with Crippen molar-refractivity contribution in [3.63, 3.8) is 0 Å². The Morgan fingerprint density at radius 3 is 2.54 bits per heavy atom. The summed E-state index contributed by atoms with van der Waals surface area (Å²) in [5.41, 5.74) is 1.87. The second-order valence-electron chi connectivity index (χ2n) is 5.17. The summed E-state index contributed by atoms with van der Waals surface area (Å²) in [6.45, 7) is 1.86. The molecule has 0 radical (unpaired) electrons. The summed E-state index contributed by atoms with van der Waals surface area (Å²) in [6.07, 6.45) is 1.73. The van der Waals surface area contributed by atoms with Crippen LogP contribution in [0.25, 0.3) is 5.65 Å². The van der Waals surface area contributed by atoms with E-state index in [1.54, 1.807) is 0 Å². The van der Waals surface area contributed by atoms with E-state index in [9.17, 15) is 14.0 Å². The Kier molecular flexibility index (Phi) is 3.99. The normalized spacial score (nSPS) is 10.8. The summed E-state index contributed by atoms with van der Waals surface area (Å²) in [5.74, 6) is -1.95. The molecule has 0 aliphatic heterocycles. The molecule has 3 aromatic rings. The molecule has 122 valence electrons. The topological polar surface area (TPSA) is 83.7 Å². The quantitative estimate of drug-likeness (QED) is 0.771. The molecule has 2 heterocycles. The molecule has 0 saturated carbocycles. The summed E-state index contributed by atoms with van der Waals surface area (Å²) in [5, 5.41) is 11.6. The fourth-order valence-electron chi connectivity index (χ4n) is 2.44.